The number of benzene rings is 6. The number of nitrogens with one attached hydrogen (secondary N) is 1. The highest BCUT2D eigenvalue weighted by molar-refractivity contribution is 6.14. The van der Waals surface area contributed by atoms with Crippen LogP contribution in [0, 0.1) is 0 Å². The van der Waals surface area contributed by atoms with E-state index in [1.807, 2.05) is 24.3 Å². The van der Waals surface area contributed by atoms with Crippen LogP contribution in [-0.4, -0.2) is 4.98 Å². The molecule has 1 N–H and O–H groups in total. The van der Waals surface area contributed by atoms with Gasteiger partial charge in [-0.1, -0.05) is 84.9 Å². The molecule has 0 fully saturated rings. The molecule has 0 bridgehead atoms. The summed E-state index contributed by atoms with van der Waals surface area (Å²) < 4.78 is 12.7. The molecule has 3 heteroatoms. The molecular formula is C36H21NO2. The molecule has 9 rings (SSSR count). The van der Waals surface area contributed by atoms with E-state index in [9.17, 15) is 0 Å². The first-order chi connectivity index (χ1) is 19.3. The SMILES string of the molecule is c1ccc2c(c1)oc1c(-c3ccc4[nH]c5ccc(-c6cccc7c6oc6ccccc67)cc5c4c3)cccc12. The van der Waals surface area contributed by atoms with Crippen molar-refractivity contribution < 1.29 is 8.83 Å². The lowest BCUT2D eigenvalue weighted by molar-refractivity contribution is 0.669. The molecule has 3 aromatic heterocycles. The molecule has 0 saturated heterocycles. The van der Waals surface area contributed by atoms with Gasteiger partial charge in [0.25, 0.3) is 0 Å². The summed E-state index contributed by atoms with van der Waals surface area (Å²) in [6.07, 6.45) is 0. The van der Waals surface area contributed by atoms with Gasteiger partial charge in [-0.15, -0.1) is 0 Å². The molecule has 0 spiro atoms. The number of furan rings is 2. The van der Waals surface area contributed by atoms with Crippen molar-refractivity contribution in [2.75, 3.05) is 0 Å². The molecule has 39 heavy (non-hydrogen) atoms. The summed E-state index contributed by atoms with van der Waals surface area (Å²) in [4.78, 5) is 3.61. The summed E-state index contributed by atoms with van der Waals surface area (Å²) in [5.74, 6) is 0. The summed E-state index contributed by atoms with van der Waals surface area (Å²) >= 11 is 0. The molecule has 0 amide bonds. The molecule has 182 valence electrons. The second-order valence-corrected chi connectivity index (χ2v) is 10.2. The van der Waals surface area contributed by atoms with E-state index in [0.29, 0.717) is 0 Å². The number of para-hydroxylation sites is 4. The summed E-state index contributed by atoms with van der Waals surface area (Å²) in [6.45, 7) is 0. The summed E-state index contributed by atoms with van der Waals surface area (Å²) in [5, 5.41) is 6.95. The zero-order valence-corrected chi connectivity index (χ0v) is 20.9. The van der Waals surface area contributed by atoms with Gasteiger partial charge in [-0.2, -0.15) is 0 Å². The van der Waals surface area contributed by atoms with Crippen LogP contribution < -0.4 is 0 Å². The zero-order chi connectivity index (χ0) is 25.5. The van der Waals surface area contributed by atoms with E-state index in [2.05, 4.69) is 102 Å². The fraction of sp³-hybridized carbons (Fsp3) is 0. The molecule has 9 aromatic rings. The molecular weight excluding hydrogens is 478 g/mol. The van der Waals surface area contributed by atoms with Crippen molar-refractivity contribution in [3.8, 4) is 22.3 Å². The van der Waals surface area contributed by atoms with Crippen LogP contribution in [0.3, 0.4) is 0 Å². The van der Waals surface area contributed by atoms with Gasteiger partial charge < -0.3 is 13.8 Å². The van der Waals surface area contributed by atoms with Gasteiger partial charge in [-0.3, -0.25) is 0 Å². The minimum atomic E-state index is 0.914. The van der Waals surface area contributed by atoms with Gasteiger partial charge in [-0.05, 0) is 47.5 Å². The van der Waals surface area contributed by atoms with E-state index < -0.39 is 0 Å². The maximum absolute atomic E-state index is 6.34. The number of fused-ring (bicyclic) bond motifs is 9. The van der Waals surface area contributed by atoms with Crippen molar-refractivity contribution in [2.24, 2.45) is 0 Å². The highest BCUT2D eigenvalue weighted by atomic mass is 16.3. The van der Waals surface area contributed by atoms with Gasteiger partial charge >= 0.3 is 0 Å². The molecule has 0 aliphatic carbocycles. The Hall–Kier alpha value is -5.28. The molecule has 0 radical (unpaired) electrons. The Morgan fingerprint density at radius 2 is 0.846 bits per heavy atom. The van der Waals surface area contributed by atoms with E-state index in [0.717, 1.165) is 77.2 Å². The van der Waals surface area contributed by atoms with Crippen molar-refractivity contribution in [1.82, 2.24) is 4.98 Å². The van der Waals surface area contributed by atoms with Gasteiger partial charge in [0.15, 0.2) is 0 Å². The molecule has 0 unspecified atom stereocenters. The van der Waals surface area contributed by atoms with Crippen molar-refractivity contribution in [3.63, 3.8) is 0 Å². The van der Waals surface area contributed by atoms with Gasteiger partial charge in [0, 0.05) is 54.5 Å². The van der Waals surface area contributed by atoms with Crippen LogP contribution in [0.15, 0.2) is 130 Å². The first kappa shape index (κ1) is 20.7. The van der Waals surface area contributed by atoms with Crippen LogP contribution in [0.4, 0.5) is 0 Å². The van der Waals surface area contributed by atoms with E-state index in [1.165, 1.54) is 10.8 Å². The van der Waals surface area contributed by atoms with Crippen LogP contribution >= 0.6 is 0 Å². The topological polar surface area (TPSA) is 42.1 Å². The predicted molar refractivity (Wildman–Crippen MR) is 161 cm³/mol. The predicted octanol–water partition coefficient (Wildman–Crippen LogP) is 10.5. The second-order valence-electron chi connectivity index (χ2n) is 10.2. The molecule has 0 aliphatic rings. The second kappa shape index (κ2) is 7.62. The van der Waals surface area contributed by atoms with Gasteiger partial charge in [0.1, 0.15) is 22.3 Å². The smallest absolute Gasteiger partial charge is 0.143 e. The first-order valence-electron chi connectivity index (χ1n) is 13.2. The van der Waals surface area contributed by atoms with Crippen molar-refractivity contribution in [2.45, 2.75) is 0 Å². The normalized spacial score (nSPS) is 12.1. The van der Waals surface area contributed by atoms with Crippen LogP contribution in [0.1, 0.15) is 0 Å². The minimum absolute atomic E-state index is 0.914. The summed E-state index contributed by atoms with van der Waals surface area (Å²) in [5.41, 5.74) is 10.4. The number of aromatic nitrogens is 1. The maximum atomic E-state index is 6.34. The third-order valence-electron chi connectivity index (χ3n) is 8.03. The van der Waals surface area contributed by atoms with E-state index in [4.69, 9.17) is 8.83 Å². The number of H-pyrrole nitrogens is 1. The Labute approximate surface area is 222 Å². The van der Waals surface area contributed by atoms with E-state index in [1.54, 1.807) is 0 Å². The highest BCUT2D eigenvalue weighted by Gasteiger charge is 2.15. The van der Waals surface area contributed by atoms with Crippen molar-refractivity contribution in [3.05, 3.63) is 121 Å². The lowest BCUT2D eigenvalue weighted by atomic mass is 9.98. The lowest BCUT2D eigenvalue weighted by Gasteiger charge is -2.05. The van der Waals surface area contributed by atoms with Crippen LogP contribution in [0.5, 0.6) is 0 Å². The largest absolute Gasteiger partial charge is 0.455 e. The Morgan fingerprint density at radius 3 is 1.36 bits per heavy atom. The van der Waals surface area contributed by atoms with Crippen molar-refractivity contribution >= 4 is 65.7 Å². The van der Waals surface area contributed by atoms with Gasteiger partial charge in [-0.25, -0.2) is 0 Å². The molecule has 3 heterocycles. The summed E-state index contributed by atoms with van der Waals surface area (Å²) in [7, 11) is 0. The average molecular weight is 500 g/mol. The quantitative estimate of drug-likeness (QED) is 0.257. The average Bonchev–Trinajstić information content (AvgIpc) is 3.67. The zero-order valence-electron chi connectivity index (χ0n) is 20.9. The Kier molecular flexibility index (Phi) is 4.05. The fourth-order valence-corrected chi connectivity index (χ4v) is 6.18. The highest BCUT2D eigenvalue weighted by Crippen LogP contribution is 2.40. The molecule has 3 nitrogen and oxygen atoms in total. The van der Waals surface area contributed by atoms with Gasteiger partial charge in [0.05, 0.1) is 0 Å². The molecule has 0 aliphatic heterocycles. The van der Waals surface area contributed by atoms with Crippen LogP contribution in [0.25, 0.3) is 87.9 Å². The monoisotopic (exact) mass is 499 g/mol. The first-order valence-corrected chi connectivity index (χ1v) is 13.2. The van der Waals surface area contributed by atoms with Gasteiger partial charge in [0.2, 0.25) is 0 Å². The molecule has 0 saturated carbocycles. The minimum Gasteiger partial charge on any atom is -0.455 e. The van der Waals surface area contributed by atoms with E-state index >= 15 is 0 Å². The van der Waals surface area contributed by atoms with E-state index in [-0.39, 0.29) is 0 Å². The number of aromatic amines is 1. The standard InChI is InChI=1S/C36H21NO2/c1-3-13-33-25(7-1)27-11-5-9-23(35(27)38-33)21-15-17-31-29(19-21)30-20-22(16-18-32(30)37-31)24-10-6-12-28-26-8-2-4-14-34(26)39-36(24)28/h1-20,37H. The number of rotatable bonds is 2. The fourth-order valence-electron chi connectivity index (χ4n) is 6.18. The molecule has 0 atom stereocenters. The number of hydrogen-bond acceptors (Lipinski definition) is 2. The Bertz CT molecular complexity index is 2230. The third-order valence-corrected chi connectivity index (χ3v) is 8.03. The molecule has 6 aromatic carbocycles. The Morgan fingerprint density at radius 1 is 0.385 bits per heavy atom. The van der Waals surface area contributed by atoms with Crippen LogP contribution in [0.2, 0.25) is 0 Å². The third kappa shape index (κ3) is 2.93. The Balaban J connectivity index is 1.26. The summed E-state index contributed by atoms with van der Waals surface area (Å²) in [6, 6.07) is 42.5. The maximum Gasteiger partial charge on any atom is 0.143 e. The number of hydrogen-bond donors (Lipinski definition) is 1. The van der Waals surface area contributed by atoms with Crippen LogP contribution in [-0.2, 0) is 0 Å². The van der Waals surface area contributed by atoms with Crippen molar-refractivity contribution in [1.29, 1.82) is 0 Å². The lowest BCUT2D eigenvalue weighted by Crippen LogP contribution is -1.80.